The van der Waals surface area contributed by atoms with Crippen molar-refractivity contribution in [1.82, 2.24) is 0 Å². The molecule has 96 valence electrons. The van der Waals surface area contributed by atoms with E-state index in [0.717, 1.165) is 12.3 Å². The van der Waals surface area contributed by atoms with Crippen LogP contribution in [0.15, 0.2) is 12.1 Å². The van der Waals surface area contributed by atoms with Gasteiger partial charge in [0, 0.05) is 15.1 Å². The molecule has 1 aromatic heterocycles. The zero-order valence-electron chi connectivity index (χ0n) is 10.9. The van der Waals surface area contributed by atoms with Gasteiger partial charge in [0.25, 0.3) is 0 Å². The van der Waals surface area contributed by atoms with Crippen LogP contribution in [0.3, 0.4) is 0 Å². The molecule has 0 saturated heterocycles. The molecular formula is C15H23ClS. The molecule has 3 atom stereocenters. The van der Waals surface area contributed by atoms with Gasteiger partial charge in [-0.1, -0.05) is 20.3 Å². The number of aryl methyl sites for hydroxylation is 1. The third-order valence-electron chi connectivity index (χ3n) is 4.10. The molecule has 0 nitrogen and oxygen atoms in total. The normalized spacial score (nSPS) is 29.5. The number of alkyl halides is 1. The monoisotopic (exact) mass is 270 g/mol. The van der Waals surface area contributed by atoms with Crippen LogP contribution in [-0.4, -0.2) is 5.38 Å². The smallest absolute Gasteiger partial charge is 0.0367 e. The van der Waals surface area contributed by atoms with Gasteiger partial charge in [0.05, 0.1) is 0 Å². The van der Waals surface area contributed by atoms with Crippen molar-refractivity contribution in [3.63, 3.8) is 0 Å². The Balaban J connectivity index is 1.96. The summed E-state index contributed by atoms with van der Waals surface area (Å²) in [7, 11) is 0. The van der Waals surface area contributed by atoms with Gasteiger partial charge in [-0.15, -0.1) is 22.9 Å². The van der Waals surface area contributed by atoms with Gasteiger partial charge >= 0.3 is 0 Å². The van der Waals surface area contributed by atoms with Crippen molar-refractivity contribution in [1.29, 1.82) is 0 Å². The van der Waals surface area contributed by atoms with Crippen LogP contribution in [-0.2, 0) is 12.8 Å². The van der Waals surface area contributed by atoms with Gasteiger partial charge in [-0.05, 0) is 56.1 Å². The van der Waals surface area contributed by atoms with E-state index < -0.39 is 0 Å². The SMILES string of the molecule is CCc1ccc(CC2CC(CC)CCC2Cl)s1. The molecule has 1 fully saturated rings. The molecule has 1 heterocycles. The van der Waals surface area contributed by atoms with Gasteiger partial charge in [0.2, 0.25) is 0 Å². The summed E-state index contributed by atoms with van der Waals surface area (Å²) in [5, 5.41) is 0.407. The minimum Gasteiger partial charge on any atom is -0.145 e. The maximum Gasteiger partial charge on any atom is 0.0367 e. The molecule has 0 amide bonds. The van der Waals surface area contributed by atoms with Crippen molar-refractivity contribution in [2.45, 2.75) is 57.7 Å². The Morgan fingerprint density at radius 2 is 2.00 bits per heavy atom. The van der Waals surface area contributed by atoms with E-state index in [9.17, 15) is 0 Å². The average molecular weight is 271 g/mol. The third kappa shape index (κ3) is 3.48. The van der Waals surface area contributed by atoms with Gasteiger partial charge in [-0.2, -0.15) is 0 Å². The van der Waals surface area contributed by atoms with Gasteiger partial charge in [0.15, 0.2) is 0 Å². The van der Waals surface area contributed by atoms with Crippen molar-refractivity contribution < 1.29 is 0 Å². The summed E-state index contributed by atoms with van der Waals surface area (Å²) in [6.07, 6.45) is 7.59. The van der Waals surface area contributed by atoms with Crippen molar-refractivity contribution >= 4 is 22.9 Å². The predicted molar refractivity (Wildman–Crippen MR) is 78.2 cm³/mol. The average Bonchev–Trinajstić information content (AvgIpc) is 2.80. The van der Waals surface area contributed by atoms with Crippen LogP contribution in [0.5, 0.6) is 0 Å². The quantitative estimate of drug-likeness (QED) is 0.653. The van der Waals surface area contributed by atoms with E-state index in [1.165, 1.54) is 41.9 Å². The molecule has 3 unspecified atom stereocenters. The molecule has 1 aliphatic rings. The third-order valence-corrected chi connectivity index (χ3v) is 5.93. The van der Waals surface area contributed by atoms with Gasteiger partial charge in [-0.25, -0.2) is 0 Å². The van der Waals surface area contributed by atoms with Crippen molar-refractivity contribution in [2.24, 2.45) is 11.8 Å². The fourth-order valence-electron chi connectivity index (χ4n) is 2.89. The molecule has 2 heteroatoms. The minimum absolute atomic E-state index is 0.407. The summed E-state index contributed by atoms with van der Waals surface area (Å²) >= 11 is 8.48. The lowest BCUT2D eigenvalue weighted by Gasteiger charge is -2.32. The minimum atomic E-state index is 0.407. The van der Waals surface area contributed by atoms with Crippen molar-refractivity contribution in [3.8, 4) is 0 Å². The number of halogens is 1. The highest BCUT2D eigenvalue weighted by Crippen LogP contribution is 2.37. The van der Waals surface area contributed by atoms with Crippen LogP contribution in [0.2, 0.25) is 0 Å². The highest BCUT2D eigenvalue weighted by Gasteiger charge is 2.28. The van der Waals surface area contributed by atoms with E-state index in [1.54, 1.807) is 0 Å². The van der Waals surface area contributed by atoms with E-state index in [0.29, 0.717) is 11.3 Å². The van der Waals surface area contributed by atoms with Crippen LogP contribution < -0.4 is 0 Å². The number of hydrogen-bond acceptors (Lipinski definition) is 1. The first-order valence-electron chi connectivity index (χ1n) is 6.94. The Bertz CT molecular complexity index is 344. The van der Waals surface area contributed by atoms with Crippen molar-refractivity contribution in [2.75, 3.05) is 0 Å². The Kier molecular flexibility index (Phi) is 4.93. The first kappa shape index (κ1) is 13.4. The van der Waals surface area contributed by atoms with E-state index in [1.807, 2.05) is 11.3 Å². The van der Waals surface area contributed by atoms with E-state index in [-0.39, 0.29) is 0 Å². The molecule has 0 radical (unpaired) electrons. The largest absolute Gasteiger partial charge is 0.145 e. The standard InChI is InChI=1S/C15H23ClS/c1-3-11-5-8-15(16)12(9-11)10-14-7-6-13(4-2)17-14/h6-7,11-12,15H,3-5,8-10H2,1-2H3. The van der Waals surface area contributed by atoms with Crippen LogP contribution >= 0.6 is 22.9 Å². The summed E-state index contributed by atoms with van der Waals surface area (Å²) in [4.78, 5) is 3.04. The maximum atomic E-state index is 6.50. The van der Waals surface area contributed by atoms with Gasteiger partial charge in [0.1, 0.15) is 0 Å². The topological polar surface area (TPSA) is 0 Å². The fourth-order valence-corrected chi connectivity index (χ4v) is 4.26. The molecule has 0 spiro atoms. The number of thiophene rings is 1. The van der Waals surface area contributed by atoms with Crippen LogP contribution in [0.4, 0.5) is 0 Å². The first-order chi connectivity index (χ1) is 8.22. The predicted octanol–water partition coefficient (Wildman–Crippen LogP) is 5.29. The second-order valence-electron chi connectivity index (χ2n) is 5.29. The van der Waals surface area contributed by atoms with Gasteiger partial charge in [-0.3, -0.25) is 0 Å². The van der Waals surface area contributed by atoms with Crippen LogP contribution in [0, 0.1) is 11.8 Å². The lowest BCUT2D eigenvalue weighted by atomic mass is 9.78. The summed E-state index contributed by atoms with van der Waals surface area (Å²) in [5.41, 5.74) is 0. The van der Waals surface area contributed by atoms with Crippen molar-refractivity contribution in [3.05, 3.63) is 21.9 Å². The first-order valence-corrected chi connectivity index (χ1v) is 8.19. The highest BCUT2D eigenvalue weighted by molar-refractivity contribution is 7.11. The Morgan fingerprint density at radius 1 is 1.24 bits per heavy atom. The van der Waals surface area contributed by atoms with E-state index >= 15 is 0 Å². The molecule has 0 aromatic carbocycles. The molecule has 0 N–H and O–H groups in total. The zero-order chi connectivity index (χ0) is 12.3. The molecule has 1 saturated carbocycles. The molecule has 0 bridgehead atoms. The highest BCUT2D eigenvalue weighted by atomic mass is 35.5. The molecule has 2 rings (SSSR count). The van der Waals surface area contributed by atoms with Gasteiger partial charge < -0.3 is 0 Å². The zero-order valence-corrected chi connectivity index (χ0v) is 12.5. The number of hydrogen-bond donors (Lipinski definition) is 0. The molecule has 0 aliphatic heterocycles. The van der Waals surface area contributed by atoms with E-state index in [4.69, 9.17) is 11.6 Å². The summed E-state index contributed by atoms with van der Waals surface area (Å²) in [6, 6.07) is 4.59. The Hall–Kier alpha value is -0.0100. The Morgan fingerprint density at radius 3 is 2.65 bits per heavy atom. The summed E-state index contributed by atoms with van der Waals surface area (Å²) in [6.45, 7) is 4.55. The second kappa shape index (κ2) is 6.24. The fraction of sp³-hybridized carbons (Fsp3) is 0.733. The molecule has 1 aliphatic carbocycles. The maximum absolute atomic E-state index is 6.50. The van der Waals surface area contributed by atoms with E-state index in [2.05, 4.69) is 26.0 Å². The molecule has 1 aromatic rings. The summed E-state index contributed by atoms with van der Waals surface area (Å²) < 4.78 is 0. The summed E-state index contributed by atoms with van der Waals surface area (Å²) in [5.74, 6) is 1.62. The Labute approximate surface area is 114 Å². The lowest BCUT2D eigenvalue weighted by molar-refractivity contribution is 0.265. The second-order valence-corrected chi connectivity index (χ2v) is 7.10. The van der Waals surface area contributed by atoms with Crippen LogP contribution in [0.1, 0.15) is 49.3 Å². The van der Waals surface area contributed by atoms with Crippen LogP contribution in [0.25, 0.3) is 0 Å². The molecule has 17 heavy (non-hydrogen) atoms. The molecular weight excluding hydrogens is 248 g/mol. The lowest BCUT2D eigenvalue weighted by Crippen LogP contribution is -2.26. The number of rotatable bonds is 4.